The number of rotatable bonds is 4. The second kappa shape index (κ2) is 7.29. The van der Waals surface area contributed by atoms with Gasteiger partial charge >= 0.3 is 0 Å². The maximum Gasteiger partial charge on any atom is 0.248 e. The predicted molar refractivity (Wildman–Crippen MR) is 89.8 cm³/mol. The van der Waals surface area contributed by atoms with Gasteiger partial charge in [0.2, 0.25) is 5.91 Å². The summed E-state index contributed by atoms with van der Waals surface area (Å²) in [5, 5.41) is 3.31. The van der Waals surface area contributed by atoms with Gasteiger partial charge in [-0.05, 0) is 51.8 Å². The van der Waals surface area contributed by atoms with Crippen molar-refractivity contribution in [2.24, 2.45) is 0 Å². The summed E-state index contributed by atoms with van der Waals surface area (Å²) in [6.45, 7) is 0. The molecule has 0 saturated carbocycles. The Kier molecular flexibility index (Phi) is 5.42. The highest BCUT2D eigenvalue weighted by Gasteiger charge is 2.05. The Morgan fingerprint density at radius 3 is 2.62 bits per heavy atom. The topological polar surface area (TPSA) is 38.3 Å². The highest BCUT2D eigenvalue weighted by atomic mass is 79.9. The monoisotopic (exact) mass is 365 g/mol. The van der Waals surface area contributed by atoms with Crippen LogP contribution in [0.4, 0.5) is 5.69 Å². The van der Waals surface area contributed by atoms with Gasteiger partial charge in [-0.25, -0.2) is 0 Å². The summed E-state index contributed by atoms with van der Waals surface area (Å²) in [4.78, 5) is 11.9. The van der Waals surface area contributed by atoms with E-state index in [1.165, 1.54) is 6.08 Å². The molecule has 0 aromatic heterocycles. The lowest BCUT2D eigenvalue weighted by Crippen LogP contribution is -2.08. The van der Waals surface area contributed by atoms with Crippen LogP contribution in [0.5, 0.6) is 5.75 Å². The van der Waals surface area contributed by atoms with Crippen molar-refractivity contribution in [2.75, 3.05) is 12.4 Å². The standard InChI is InChI=1S/C16H13BrClNO2/c1-21-12-8-5-11(6-9-12)7-10-15(20)19-14-4-2-3-13(18)16(14)17/h2-10H,1H3,(H,19,20)/b10-7+. The van der Waals surface area contributed by atoms with Gasteiger partial charge in [0.15, 0.2) is 0 Å². The number of carbonyl (C=O) groups is 1. The minimum Gasteiger partial charge on any atom is -0.497 e. The zero-order valence-corrected chi connectivity index (χ0v) is 13.6. The zero-order chi connectivity index (χ0) is 15.2. The van der Waals surface area contributed by atoms with Crippen LogP contribution in [0.2, 0.25) is 5.02 Å². The molecule has 0 fully saturated rings. The summed E-state index contributed by atoms with van der Waals surface area (Å²) in [5.74, 6) is 0.549. The normalized spacial score (nSPS) is 10.6. The fraction of sp³-hybridized carbons (Fsp3) is 0.0625. The van der Waals surface area contributed by atoms with Gasteiger partial charge in [-0.15, -0.1) is 0 Å². The van der Waals surface area contributed by atoms with E-state index in [1.54, 1.807) is 31.4 Å². The van der Waals surface area contributed by atoms with Crippen LogP contribution in [0.3, 0.4) is 0 Å². The van der Waals surface area contributed by atoms with E-state index in [4.69, 9.17) is 16.3 Å². The Balaban J connectivity index is 2.03. The predicted octanol–water partition coefficient (Wildman–Crippen LogP) is 4.76. The van der Waals surface area contributed by atoms with Crippen molar-refractivity contribution in [3.63, 3.8) is 0 Å². The van der Waals surface area contributed by atoms with Gasteiger partial charge in [0.1, 0.15) is 5.75 Å². The van der Waals surface area contributed by atoms with Crippen molar-refractivity contribution >= 4 is 45.2 Å². The summed E-state index contributed by atoms with van der Waals surface area (Å²) in [7, 11) is 1.61. The molecule has 0 saturated heterocycles. The Bertz CT molecular complexity index is 668. The molecule has 0 aliphatic carbocycles. The number of carbonyl (C=O) groups excluding carboxylic acids is 1. The number of methoxy groups -OCH3 is 1. The van der Waals surface area contributed by atoms with Gasteiger partial charge in [-0.1, -0.05) is 29.8 Å². The molecule has 0 atom stereocenters. The SMILES string of the molecule is COc1ccc(/C=C/C(=O)Nc2cccc(Cl)c2Br)cc1. The smallest absolute Gasteiger partial charge is 0.248 e. The summed E-state index contributed by atoms with van der Waals surface area (Å²) >= 11 is 9.31. The van der Waals surface area contributed by atoms with Crippen LogP contribution < -0.4 is 10.1 Å². The van der Waals surface area contributed by atoms with E-state index in [0.29, 0.717) is 15.2 Å². The fourth-order valence-corrected chi connectivity index (χ4v) is 2.20. The second-order valence-corrected chi connectivity index (χ2v) is 5.40. The van der Waals surface area contributed by atoms with Crippen LogP contribution in [-0.4, -0.2) is 13.0 Å². The molecule has 2 aromatic carbocycles. The molecule has 0 heterocycles. The van der Waals surface area contributed by atoms with Crippen LogP contribution in [0, 0.1) is 0 Å². The number of halogens is 2. The molecule has 0 spiro atoms. The molecule has 2 rings (SSSR count). The first-order valence-corrected chi connectivity index (χ1v) is 7.34. The number of hydrogen-bond acceptors (Lipinski definition) is 2. The average molecular weight is 367 g/mol. The molecule has 108 valence electrons. The third kappa shape index (κ3) is 4.34. The van der Waals surface area contributed by atoms with Gasteiger partial charge in [0.05, 0.1) is 22.3 Å². The molecular formula is C16H13BrClNO2. The molecule has 21 heavy (non-hydrogen) atoms. The fourth-order valence-electron chi connectivity index (χ4n) is 1.66. The highest BCUT2D eigenvalue weighted by Crippen LogP contribution is 2.29. The summed E-state index contributed by atoms with van der Waals surface area (Å²) in [6, 6.07) is 12.7. The van der Waals surface area contributed by atoms with Crippen LogP contribution in [-0.2, 0) is 4.79 Å². The van der Waals surface area contributed by atoms with Crippen molar-refractivity contribution in [2.45, 2.75) is 0 Å². The molecule has 0 aliphatic rings. The van der Waals surface area contributed by atoms with Crippen LogP contribution in [0.15, 0.2) is 53.0 Å². The van der Waals surface area contributed by atoms with Crippen molar-refractivity contribution in [1.29, 1.82) is 0 Å². The molecule has 1 amide bonds. The maximum atomic E-state index is 11.9. The molecule has 3 nitrogen and oxygen atoms in total. The quantitative estimate of drug-likeness (QED) is 0.792. The first-order chi connectivity index (χ1) is 10.1. The van der Waals surface area contributed by atoms with Gasteiger partial charge in [0.25, 0.3) is 0 Å². The maximum absolute atomic E-state index is 11.9. The Morgan fingerprint density at radius 1 is 1.24 bits per heavy atom. The van der Waals surface area contributed by atoms with E-state index in [1.807, 2.05) is 24.3 Å². The molecule has 1 N–H and O–H groups in total. The van der Waals surface area contributed by atoms with Crippen molar-refractivity contribution in [3.8, 4) is 5.75 Å². The van der Waals surface area contributed by atoms with Gasteiger partial charge in [0, 0.05) is 6.08 Å². The van der Waals surface area contributed by atoms with E-state index in [9.17, 15) is 4.79 Å². The average Bonchev–Trinajstić information content (AvgIpc) is 2.50. The van der Waals surface area contributed by atoms with E-state index in [0.717, 1.165) is 11.3 Å². The number of nitrogens with one attached hydrogen (secondary N) is 1. The highest BCUT2D eigenvalue weighted by molar-refractivity contribution is 9.10. The molecular weight excluding hydrogens is 354 g/mol. The molecule has 0 bridgehead atoms. The Morgan fingerprint density at radius 2 is 1.95 bits per heavy atom. The van der Waals surface area contributed by atoms with Crippen molar-refractivity contribution in [1.82, 2.24) is 0 Å². The van der Waals surface area contributed by atoms with E-state index in [-0.39, 0.29) is 5.91 Å². The summed E-state index contributed by atoms with van der Waals surface area (Å²) in [6.07, 6.45) is 3.20. The number of benzene rings is 2. The zero-order valence-electron chi connectivity index (χ0n) is 11.3. The molecule has 0 aliphatic heterocycles. The van der Waals surface area contributed by atoms with Crippen molar-refractivity contribution in [3.05, 3.63) is 63.6 Å². The minimum absolute atomic E-state index is 0.228. The van der Waals surface area contributed by atoms with E-state index in [2.05, 4.69) is 21.2 Å². The molecule has 0 unspecified atom stereocenters. The number of amides is 1. The summed E-state index contributed by atoms with van der Waals surface area (Å²) < 4.78 is 5.74. The largest absolute Gasteiger partial charge is 0.497 e. The first kappa shape index (κ1) is 15.6. The summed E-state index contributed by atoms with van der Waals surface area (Å²) in [5.41, 5.74) is 1.54. The van der Waals surface area contributed by atoms with Crippen molar-refractivity contribution < 1.29 is 9.53 Å². The molecule has 0 radical (unpaired) electrons. The first-order valence-electron chi connectivity index (χ1n) is 6.17. The Hall–Kier alpha value is -1.78. The van der Waals surface area contributed by atoms with Crippen LogP contribution >= 0.6 is 27.5 Å². The lowest BCUT2D eigenvalue weighted by Gasteiger charge is -2.06. The number of hydrogen-bond donors (Lipinski definition) is 1. The van der Waals surface area contributed by atoms with Crippen LogP contribution in [0.1, 0.15) is 5.56 Å². The third-order valence-corrected chi connectivity index (χ3v) is 4.15. The molecule has 5 heteroatoms. The van der Waals surface area contributed by atoms with Gasteiger partial charge in [-0.2, -0.15) is 0 Å². The lowest BCUT2D eigenvalue weighted by molar-refractivity contribution is -0.111. The minimum atomic E-state index is -0.228. The molecule has 2 aromatic rings. The third-order valence-electron chi connectivity index (χ3n) is 2.75. The van der Waals surface area contributed by atoms with E-state index >= 15 is 0 Å². The van der Waals surface area contributed by atoms with Gasteiger partial charge < -0.3 is 10.1 Å². The van der Waals surface area contributed by atoms with Crippen LogP contribution in [0.25, 0.3) is 6.08 Å². The van der Waals surface area contributed by atoms with E-state index < -0.39 is 0 Å². The Labute approximate surface area is 136 Å². The lowest BCUT2D eigenvalue weighted by atomic mass is 10.2. The second-order valence-electron chi connectivity index (χ2n) is 4.20. The number of ether oxygens (including phenoxy) is 1. The van der Waals surface area contributed by atoms with Gasteiger partial charge in [-0.3, -0.25) is 4.79 Å². The number of anilines is 1.